The molecule has 0 saturated carbocycles. The van der Waals surface area contributed by atoms with Crippen LogP contribution in [0.15, 0.2) is 146 Å². The number of allylic oxidation sites excluding steroid dienone is 2. The number of rotatable bonds is 3. The fourth-order valence-corrected chi connectivity index (χ4v) is 7.85. The van der Waals surface area contributed by atoms with Gasteiger partial charge in [-0.1, -0.05) is 127 Å². The molecule has 8 rings (SSSR count). The molecule has 192 valence electrons. The van der Waals surface area contributed by atoms with Crippen LogP contribution in [0.1, 0.15) is 46.2 Å². The number of anilines is 2. The van der Waals surface area contributed by atoms with E-state index in [9.17, 15) is 0 Å². The molecule has 5 aromatic rings. The van der Waals surface area contributed by atoms with E-state index in [1.807, 2.05) is 0 Å². The maximum absolute atomic E-state index is 2.56. The average molecular weight is 514 g/mol. The SMILES string of the molecule is Cc1ccccc1C1(c2cccc(N3c4ccccc4C4C=CC=C[C@]43C)c2)c2ccccc2-c2ccccc21. The van der Waals surface area contributed by atoms with E-state index < -0.39 is 5.41 Å². The van der Waals surface area contributed by atoms with Gasteiger partial charge in [0.05, 0.1) is 11.0 Å². The van der Waals surface area contributed by atoms with Gasteiger partial charge < -0.3 is 4.90 Å². The Hall–Kier alpha value is -4.62. The molecule has 0 aromatic heterocycles. The van der Waals surface area contributed by atoms with Gasteiger partial charge in [-0.25, -0.2) is 0 Å². The van der Waals surface area contributed by atoms with E-state index in [1.165, 1.54) is 55.9 Å². The highest BCUT2D eigenvalue weighted by Crippen LogP contribution is 2.58. The minimum atomic E-state index is -0.406. The summed E-state index contributed by atoms with van der Waals surface area (Å²) in [4.78, 5) is 2.56. The first kappa shape index (κ1) is 23.3. The lowest BCUT2D eigenvalue weighted by atomic mass is 9.66. The van der Waals surface area contributed by atoms with E-state index in [4.69, 9.17) is 0 Å². The van der Waals surface area contributed by atoms with E-state index in [2.05, 4.69) is 164 Å². The number of hydrogen-bond acceptors (Lipinski definition) is 1. The zero-order valence-electron chi connectivity index (χ0n) is 22.9. The molecular weight excluding hydrogens is 482 g/mol. The van der Waals surface area contributed by atoms with Crippen molar-refractivity contribution in [2.45, 2.75) is 30.7 Å². The first-order valence-corrected chi connectivity index (χ1v) is 14.3. The molecule has 0 fully saturated rings. The summed E-state index contributed by atoms with van der Waals surface area (Å²) < 4.78 is 0. The quantitative estimate of drug-likeness (QED) is 0.228. The number of aryl methyl sites for hydroxylation is 1. The molecule has 1 nitrogen and oxygen atoms in total. The van der Waals surface area contributed by atoms with Crippen molar-refractivity contribution < 1.29 is 0 Å². The molecule has 1 heteroatoms. The van der Waals surface area contributed by atoms with Gasteiger partial charge in [0.1, 0.15) is 0 Å². The van der Waals surface area contributed by atoms with Crippen LogP contribution in [0.3, 0.4) is 0 Å². The van der Waals surface area contributed by atoms with Gasteiger partial charge in [-0.3, -0.25) is 0 Å². The van der Waals surface area contributed by atoms with Crippen molar-refractivity contribution in [1.29, 1.82) is 0 Å². The van der Waals surface area contributed by atoms with Gasteiger partial charge in [-0.2, -0.15) is 0 Å². The van der Waals surface area contributed by atoms with E-state index in [0.717, 1.165) is 0 Å². The van der Waals surface area contributed by atoms with Gasteiger partial charge in [-0.05, 0) is 76.6 Å². The third-order valence-corrected chi connectivity index (χ3v) is 9.51. The summed E-state index contributed by atoms with van der Waals surface area (Å²) in [5.74, 6) is 0.315. The van der Waals surface area contributed by atoms with Crippen molar-refractivity contribution in [3.05, 3.63) is 179 Å². The number of para-hydroxylation sites is 1. The van der Waals surface area contributed by atoms with Crippen molar-refractivity contribution in [1.82, 2.24) is 0 Å². The summed E-state index contributed by atoms with van der Waals surface area (Å²) in [5, 5.41) is 0. The maximum Gasteiger partial charge on any atom is 0.0716 e. The summed E-state index contributed by atoms with van der Waals surface area (Å²) in [7, 11) is 0. The van der Waals surface area contributed by atoms with Crippen molar-refractivity contribution >= 4 is 11.4 Å². The van der Waals surface area contributed by atoms with E-state index >= 15 is 0 Å². The molecule has 2 aliphatic carbocycles. The van der Waals surface area contributed by atoms with E-state index in [0.29, 0.717) is 5.92 Å². The molecule has 0 N–H and O–H groups in total. The third-order valence-electron chi connectivity index (χ3n) is 9.51. The van der Waals surface area contributed by atoms with Crippen LogP contribution in [-0.4, -0.2) is 5.54 Å². The number of benzene rings is 5. The van der Waals surface area contributed by atoms with Crippen LogP contribution in [0.4, 0.5) is 11.4 Å². The lowest BCUT2D eigenvalue weighted by Crippen LogP contribution is -2.42. The minimum Gasteiger partial charge on any atom is -0.331 e. The van der Waals surface area contributed by atoms with Crippen molar-refractivity contribution in [2.24, 2.45) is 0 Å². The number of nitrogens with zero attached hydrogens (tertiary/aromatic N) is 1. The summed E-state index contributed by atoms with van der Waals surface area (Å²) in [6.45, 7) is 4.63. The van der Waals surface area contributed by atoms with Crippen LogP contribution >= 0.6 is 0 Å². The Labute approximate surface area is 236 Å². The predicted molar refractivity (Wildman–Crippen MR) is 166 cm³/mol. The zero-order valence-corrected chi connectivity index (χ0v) is 22.9. The maximum atomic E-state index is 2.56. The first-order chi connectivity index (χ1) is 19.6. The Kier molecular flexibility index (Phi) is 4.91. The monoisotopic (exact) mass is 513 g/mol. The van der Waals surface area contributed by atoms with Crippen molar-refractivity contribution in [3.8, 4) is 11.1 Å². The Morgan fingerprint density at radius 2 is 1.27 bits per heavy atom. The van der Waals surface area contributed by atoms with Gasteiger partial charge in [-0.15, -0.1) is 0 Å². The van der Waals surface area contributed by atoms with Crippen LogP contribution in [0.5, 0.6) is 0 Å². The molecule has 0 spiro atoms. The zero-order chi connectivity index (χ0) is 26.9. The van der Waals surface area contributed by atoms with Crippen molar-refractivity contribution in [3.63, 3.8) is 0 Å². The van der Waals surface area contributed by atoms with E-state index in [-0.39, 0.29) is 5.54 Å². The molecule has 1 unspecified atom stereocenters. The second-order valence-electron chi connectivity index (χ2n) is 11.5. The molecule has 0 radical (unpaired) electrons. The molecule has 5 aromatic carbocycles. The normalized spacial score (nSPS) is 21.1. The molecule has 2 atom stereocenters. The van der Waals surface area contributed by atoms with E-state index in [1.54, 1.807) is 0 Å². The Balaban J connectivity index is 1.43. The Morgan fingerprint density at radius 3 is 2.02 bits per heavy atom. The van der Waals surface area contributed by atoms with Gasteiger partial charge in [0.15, 0.2) is 0 Å². The van der Waals surface area contributed by atoms with Gasteiger partial charge in [0.2, 0.25) is 0 Å². The highest BCUT2D eigenvalue weighted by molar-refractivity contribution is 5.87. The lowest BCUT2D eigenvalue weighted by Gasteiger charge is -2.40. The van der Waals surface area contributed by atoms with Gasteiger partial charge in [0.25, 0.3) is 0 Å². The number of hydrogen-bond donors (Lipinski definition) is 0. The fourth-order valence-electron chi connectivity index (χ4n) is 7.85. The van der Waals surface area contributed by atoms with Gasteiger partial charge >= 0.3 is 0 Å². The molecule has 0 saturated heterocycles. The summed E-state index contributed by atoms with van der Waals surface area (Å²) in [5.41, 5.74) is 12.6. The molecule has 1 aliphatic heterocycles. The largest absolute Gasteiger partial charge is 0.331 e. The van der Waals surface area contributed by atoms with Crippen LogP contribution in [0.2, 0.25) is 0 Å². The second kappa shape index (κ2) is 8.44. The molecule has 1 heterocycles. The standard InChI is InChI=1S/C39H31N/c1-27-14-3-7-20-33(27)39(35-22-8-4-17-30(35)31-18-5-9-23-36(31)39)28-15-13-16-29(26-28)40-37-24-10-6-19-32(37)34-21-11-12-25-38(34,40)2/h3-26,34H,1-2H3/t34?,38-/m1/s1. The Morgan fingerprint density at radius 1 is 0.625 bits per heavy atom. The van der Waals surface area contributed by atoms with Crippen molar-refractivity contribution in [2.75, 3.05) is 4.90 Å². The Bertz CT molecular complexity index is 1810. The third kappa shape index (κ3) is 2.93. The van der Waals surface area contributed by atoms with Crippen LogP contribution in [0, 0.1) is 6.92 Å². The average Bonchev–Trinajstić information content (AvgIpc) is 3.45. The minimum absolute atomic E-state index is 0.168. The highest BCUT2D eigenvalue weighted by Gasteiger charge is 2.49. The summed E-state index contributed by atoms with van der Waals surface area (Å²) in [6, 6.07) is 45.2. The molecule has 40 heavy (non-hydrogen) atoms. The van der Waals surface area contributed by atoms with Crippen LogP contribution < -0.4 is 4.90 Å². The van der Waals surface area contributed by atoms with Crippen LogP contribution in [-0.2, 0) is 5.41 Å². The molecule has 0 amide bonds. The second-order valence-corrected chi connectivity index (χ2v) is 11.5. The first-order valence-electron chi connectivity index (χ1n) is 14.3. The summed E-state index contributed by atoms with van der Waals surface area (Å²) >= 11 is 0. The smallest absolute Gasteiger partial charge is 0.0716 e. The summed E-state index contributed by atoms with van der Waals surface area (Å²) in [6.07, 6.45) is 9.14. The predicted octanol–water partition coefficient (Wildman–Crippen LogP) is 9.48. The molecular formula is C39H31N. The number of fused-ring (bicyclic) bond motifs is 6. The molecule has 3 aliphatic rings. The fraction of sp³-hybridized carbons (Fsp3) is 0.128. The molecule has 0 bridgehead atoms. The highest BCUT2D eigenvalue weighted by atomic mass is 15.2. The van der Waals surface area contributed by atoms with Crippen LogP contribution in [0.25, 0.3) is 11.1 Å². The lowest BCUT2D eigenvalue weighted by molar-refractivity contribution is 0.542. The topological polar surface area (TPSA) is 3.24 Å². The van der Waals surface area contributed by atoms with Gasteiger partial charge in [0, 0.05) is 17.3 Å².